The molecule has 2 amide bonds. The zero-order chi connectivity index (χ0) is 17.8. The van der Waals surface area contributed by atoms with Crippen LogP contribution in [0.2, 0.25) is 10.0 Å². The molecule has 25 heavy (non-hydrogen) atoms. The summed E-state index contributed by atoms with van der Waals surface area (Å²) < 4.78 is 0. The van der Waals surface area contributed by atoms with Gasteiger partial charge in [0.15, 0.2) is 0 Å². The monoisotopic (exact) mass is 376 g/mol. The molecule has 0 bridgehead atoms. The maximum Gasteiger partial charge on any atom is 0.225 e. The standard InChI is InChI=1S/C19H18Cl2N2O2/c20-16-7-5-13(6-8-16)11-23-12-15(9-18(23)24)19(25)22-10-14-3-1-2-4-17(14)21/h1-8,15H,9-12H2,(H,22,25). The van der Waals surface area contributed by atoms with Crippen molar-refractivity contribution in [3.63, 3.8) is 0 Å². The largest absolute Gasteiger partial charge is 0.352 e. The van der Waals surface area contributed by atoms with Crippen molar-refractivity contribution in [3.8, 4) is 0 Å². The predicted molar refractivity (Wildman–Crippen MR) is 98.3 cm³/mol. The Morgan fingerprint density at radius 3 is 2.56 bits per heavy atom. The average molecular weight is 377 g/mol. The molecular formula is C19H18Cl2N2O2. The van der Waals surface area contributed by atoms with Crippen molar-refractivity contribution in [1.29, 1.82) is 0 Å². The Morgan fingerprint density at radius 1 is 1.12 bits per heavy atom. The molecule has 1 saturated heterocycles. The fourth-order valence-corrected chi connectivity index (χ4v) is 3.21. The second kappa shape index (κ2) is 7.89. The lowest BCUT2D eigenvalue weighted by molar-refractivity contribution is -0.129. The molecular weight excluding hydrogens is 359 g/mol. The van der Waals surface area contributed by atoms with E-state index in [-0.39, 0.29) is 24.2 Å². The predicted octanol–water partition coefficient (Wildman–Crippen LogP) is 3.66. The Labute approximate surface area is 156 Å². The maximum atomic E-state index is 12.4. The summed E-state index contributed by atoms with van der Waals surface area (Å²) in [5, 5.41) is 4.15. The van der Waals surface area contributed by atoms with Crippen LogP contribution in [-0.2, 0) is 22.7 Å². The molecule has 1 heterocycles. The van der Waals surface area contributed by atoms with Gasteiger partial charge < -0.3 is 10.2 Å². The van der Waals surface area contributed by atoms with Crippen LogP contribution in [0.15, 0.2) is 48.5 Å². The van der Waals surface area contributed by atoms with E-state index in [0.717, 1.165) is 11.1 Å². The van der Waals surface area contributed by atoms with Crippen LogP contribution < -0.4 is 5.32 Å². The summed E-state index contributed by atoms with van der Waals surface area (Å²) in [6, 6.07) is 14.8. The summed E-state index contributed by atoms with van der Waals surface area (Å²) in [6.45, 7) is 1.28. The van der Waals surface area contributed by atoms with Crippen LogP contribution in [0.25, 0.3) is 0 Å². The lowest BCUT2D eigenvalue weighted by atomic mass is 10.1. The second-order valence-corrected chi connectivity index (χ2v) is 6.95. The van der Waals surface area contributed by atoms with Crippen molar-refractivity contribution >= 4 is 35.0 Å². The normalized spacial score (nSPS) is 17.0. The number of hydrogen-bond donors (Lipinski definition) is 1. The third kappa shape index (κ3) is 4.53. The number of hydrogen-bond acceptors (Lipinski definition) is 2. The molecule has 0 aromatic heterocycles. The van der Waals surface area contributed by atoms with Crippen LogP contribution in [0, 0.1) is 5.92 Å². The fourth-order valence-electron chi connectivity index (χ4n) is 2.88. The van der Waals surface area contributed by atoms with Gasteiger partial charge in [0, 0.05) is 36.1 Å². The van der Waals surface area contributed by atoms with E-state index in [0.29, 0.717) is 29.7 Å². The van der Waals surface area contributed by atoms with E-state index in [2.05, 4.69) is 5.32 Å². The Morgan fingerprint density at radius 2 is 1.84 bits per heavy atom. The van der Waals surface area contributed by atoms with Crippen molar-refractivity contribution in [2.24, 2.45) is 5.92 Å². The molecule has 0 radical (unpaired) electrons. The molecule has 130 valence electrons. The lowest BCUT2D eigenvalue weighted by Gasteiger charge is -2.17. The van der Waals surface area contributed by atoms with Gasteiger partial charge in [-0.2, -0.15) is 0 Å². The Hall–Kier alpha value is -2.04. The van der Waals surface area contributed by atoms with E-state index < -0.39 is 0 Å². The smallest absolute Gasteiger partial charge is 0.225 e. The zero-order valence-corrected chi connectivity index (χ0v) is 15.1. The first kappa shape index (κ1) is 17.8. The zero-order valence-electron chi connectivity index (χ0n) is 13.5. The van der Waals surface area contributed by atoms with Crippen molar-refractivity contribution < 1.29 is 9.59 Å². The summed E-state index contributed by atoms with van der Waals surface area (Å²) in [7, 11) is 0. The average Bonchev–Trinajstić information content (AvgIpc) is 2.97. The van der Waals surface area contributed by atoms with Crippen LogP contribution >= 0.6 is 23.2 Å². The highest BCUT2D eigenvalue weighted by Crippen LogP contribution is 2.22. The van der Waals surface area contributed by atoms with Crippen LogP contribution in [0.3, 0.4) is 0 Å². The highest BCUT2D eigenvalue weighted by atomic mass is 35.5. The molecule has 3 rings (SSSR count). The number of carbonyl (C=O) groups is 2. The number of nitrogens with zero attached hydrogens (tertiary/aromatic N) is 1. The van der Waals surface area contributed by atoms with Gasteiger partial charge in [0.05, 0.1) is 5.92 Å². The lowest BCUT2D eigenvalue weighted by Crippen LogP contribution is -2.32. The maximum absolute atomic E-state index is 12.4. The fraction of sp³-hybridized carbons (Fsp3) is 0.263. The molecule has 1 unspecified atom stereocenters. The summed E-state index contributed by atoms with van der Waals surface area (Å²) >= 11 is 12.0. The van der Waals surface area contributed by atoms with Crippen LogP contribution in [-0.4, -0.2) is 23.3 Å². The van der Waals surface area contributed by atoms with E-state index in [9.17, 15) is 9.59 Å². The van der Waals surface area contributed by atoms with Gasteiger partial charge in [0.1, 0.15) is 0 Å². The minimum absolute atomic E-state index is 0.00663. The molecule has 0 saturated carbocycles. The van der Waals surface area contributed by atoms with Gasteiger partial charge in [-0.05, 0) is 29.3 Å². The van der Waals surface area contributed by atoms with Gasteiger partial charge in [-0.25, -0.2) is 0 Å². The van der Waals surface area contributed by atoms with Crippen molar-refractivity contribution in [3.05, 3.63) is 69.7 Å². The third-order valence-electron chi connectivity index (χ3n) is 4.28. The molecule has 0 aliphatic carbocycles. The van der Waals surface area contributed by atoms with Gasteiger partial charge in [0.25, 0.3) is 0 Å². The number of amides is 2. The van der Waals surface area contributed by atoms with Gasteiger partial charge in [-0.1, -0.05) is 53.5 Å². The molecule has 1 aliphatic rings. The van der Waals surface area contributed by atoms with Crippen molar-refractivity contribution in [1.82, 2.24) is 10.2 Å². The van der Waals surface area contributed by atoms with Gasteiger partial charge in [-0.3, -0.25) is 9.59 Å². The second-order valence-electron chi connectivity index (χ2n) is 6.11. The number of benzene rings is 2. The molecule has 0 spiro atoms. The van der Waals surface area contributed by atoms with E-state index in [1.54, 1.807) is 23.1 Å². The molecule has 4 nitrogen and oxygen atoms in total. The molecule has 6 heteroatoms. The minimum atomic E-state index is -0.331. The molecule has 2 aromatic carbocycles. The van der Waals surface area contributed by atoms with E-state index in [1.165, 1.54) is 0 Å². The Bertz CT molecular complexity index is 777. The van der Waals surface area contributed by atoms with Crippen molar-refractivity contribution in [2.75, 3.05) is 6.54 Å². The van der Waals surface area contributed by atoms with E-state index in [4.69, 9.17) is 23.2 Å². The summed E-state index contributed by atoms with van der Waals surface area (Å²) in [5.74, 6) is -0.456. The number of rotatable bonds is 5. The van der Waals surface area contributed by atoms with Crippen LogP contribution in [0.1, 0.15) is 17.5 Å². The number of nitrogens with one attached hydrogen (secondary N) is 1. The van der Waals surface area contributed by atoms with Crippen LogP contribution in [0.4, 0.5) is 0 Å². The molecule has 2 aromatic rings. The number of likely N-dealkylation sites (tertiary alicyclic amines) is 1. The quantitative estimate of drug-likeness (QED) is 0.865. The topological polar surface area (TPSA) is 49.4 Å². The number of halogens is 2. The minimum Gasteiger partial charge on any atom is -0.352 e. The number of carbonyl (C=O) groups excluding carboxylic acids is 2. The Kier molecular flexibility index (Phi) is 5.61. The molecule has 1 atom stereocenters. The van der Waals surface area contributed by atoms with Gasteiger partial charge in [0.2, 0.25) is 11.8 Å². The summed E-state index contributed by atoms with van der Waals surface area (Å²) in [5.41, 5.74) is 1.86. The molecule has 1 fully saturated rings. The molecule has 1 N–H and O–H groups in total. The molecule has 1 aliphatic heterocycles. The Balaban J connectivity index is 1.55. The van der Waals surface area contributed by atoms with Crippen molar-refractivity contribution in [2.45, 2.75) is 19.5 Å². The van der Waals surface area contributed by atoms with E-state index >= 15 is 0 Å². The van der Waals surface area contributed by atoms with Gasteiger partial charge in [-0.15, -0.1) is 0 Å². The highest BCUT2D eigenvalue weighted by Gasteiger charge is 2.34. The summed E-state index contributed by atoms with van der Waals surface area (Å²) in [6.07, 6.45) is 0.238. The first-order valence-corrected chi connectivity index (χ1v) is 8.82. The van der Waals surface area contributed by atoms with E-state index in [1.807, 2.05) is 30.3 Å². The van der Waals surface area contributed by atoms with Crippen LogP contribution in [0.5, 0.6) is 0 Å². The van der Waals surface area contributed by atoms with Gasteiger partial charge >= 0.3 is 0 Å². The first-order valence-electron chi connectivity index (χ1n) is 8.06. The summed E-state index contributed by atoms with van der Waals surface area (Å²) in [4.78, 5) is 26.3. The first-order chi connectivity index (χ1) is 12.0. The third-order valence-corrected chi connectivity index (χ3v) is 4.90. The highest BCUT2D eigenvalue weighted by molar-refractivity contribution is 6.31. The SMILES string of the molecule is O=C(NCc1ccccc1Cl)C1CC(=O)N(Cc2ccc(Cl)cc2)C1.